The molecule has 1 aromatic heterocycles. The minimum absolute atomic E-state index is 0.141. The number of nitrogens with zero attached hydrogens (tertiary/aromatic N) is 2. The van der Waals surface area contributed by atoms with Gasteiger partial charge >= 0.3 is 0 Å². The molecule has 1 unspecified atom stereocenters. The zero-order valence-electron chi connectivity index (χ0n) is 17.7. The van der Waals surface area contributed by atoms with Crippen molar-refractivity contribution in [2.45, 2.75) is 12.5 Å². The second-order valence-corrected chi connectivity index (χ2v) is 7.48. The number of nitrogens with two attached hydrogens (primary N) is 1. The van der Waals surface area contributed by atoms with Gasteiger partial charge in [-0.3, -0.25) is 14.4 Å². The van der Waals surface area contributed by atoms with Crippen LogP contribution in [0.5, 0.6) is 0 Å². The summed E-state index contributed by atoms with van der Waals surface area (Å²) in [4.78, 5) is 37.5. The quantitative estimate of drug-likeness (QED) is 0.413. The van der Waals surface area contributed by atoms with Crippen molar-refractivity contribution >= 4 is 17.6 Å². The molecule has 0 saturated carbocycles. The maximum Gasteiger partial charge on any atom is 0.287 e. The van der Waals surface area contributed by atoms with Crippen molar-refractivity contribution in [2.24, 2.45) is 5.73 Å². The Bertz CT molecular complexity index is 1270. The summed E-state index contributed by atoms with van der Waals surface area (Å²) in [6, 6.07) is 26.7. The number of benzene rings is 3. The van der Waals surface area contributed by atoms with E-state index in [-0.39, 0.29) is 12.0 Å². The molecular weight excluding hydrogens is 416 g/mol. The summed E-state index contributed by atoms with van der Waals surface area (Å²) in [6.07, 6.45) is 1.75. The number of carbonyl (C=O) groups excluding carboxylic acids is 3. The molecule has 3 N–H and O–H groups in total. The second-order valence-electron chi connectivity index (χ2n) is 7.48. The molecule has 4 rings (SSSR count). The molecule has 0 aliphatic rings. The van der Waals surface area contributed by atoms with Crippen LogP contribution in [0.4, 0.5) is 0 Å². The molecule has 0 radical (unpaired) electrons. The Morgan fingerprint density at radius 3 is 2.03 bits per heavy atom. The smallest absolute Gasteiger partial charge is 0.287 e. The van der Waals surface area contributed by atoms with Gasteiger partial charge in [-0.15, -0.1) is 0 Å². The van der Waals surface area contributed by atoms with Crippen LogP contribution in [-0.2, 0) is 16.0 Å². The van der Waals surface area contributed by atoms with E-state index in [4.69, 9.17) is 5.73 Å². The number of nitrogens with one attached hydrogen (secondary N) is 1. The largest absolute Gasteiger partial charge is 0.363 e. The van der Waals surface area contributed by atoms with Crippen LogP contribution in [0.3, 0.4) is 0 Å². The van der Waals surface area contributed by atoms with Gasteiger partial charge in [-0.2, -0.15) is 5.10 Å². The summed E-state index contributed by atoms with van der Waals surface area (Å²) >= 11 is 0. The first-order valence-electron chi connectivity index (χ1n) is 10.4. The van der Waals surface area contributed by atoms with E-state index < -0.39 is 23.6 Å². The fourth-order valence-corrected chi connectivity index (χ4v) is 3.53. The maximum absolute atomic E-state index is 13.3. The number of ketones is 1. The zero-order chi connectivity index (χ0) is 23.2. The third-order valence-electron chi connectivity index (χ3n) is 5.17. The molecule has 164 valence electrons. The normalized spacial score (nSPS) is 11.5. The molecule has 0 spiro atoms. The van der Waals surface area contributed by atoms with Gasteiger partial charge in [-0.25, -0.2) is 4.68 Å². The van der Waals surface area contributed by atoms with Gasteiger partial charge in [-0.05, 0) is 17.7 Å². The van der Waals surface area contributed by atoms with Crippen molar-refractivity contribution in [3.8, 4) is 16.9 Å². The topological polar surface area (TPSA) is 107 Å². The Hall–Kier alpha value is -4.52. The predicted molar refractivity (Wildman–Crippen MR) is 125 cm³/mol. The summed E-state index contributed by atoms with van der Waals surface area (Å²) in [5.74, 6) is -2.48. The van der Waals surface area contributed by atoms with Gasteiger partial charge in [0.15, 0.2) is 0 Å². The molecule has 33 heavy (non-hydrogen) atoms. The molecule has 3 aromatic carbocycles. The van der Waals surface area contributed by atoms with E-state index in [1.165, 1.54) is 0 Å². The first-order chi connectivity index (χ1) is 16.0. The molecule has 0 aliphatic heterocycles. The zero-order valence-corrected chi connectivity index (χ0v) is 17.7. The SMILES string of the molecule is NC(=O)C(=O)C(Cc1ccccc1)NC(=O)c1cn(-c2ccccc2)nc1-c1ccccc1. The number of aromatic nitrogens is 2. The number of hydrogen-bond donors (Lipinski definition) is 2. The highest BCUT2D eigenvalue weighted by atomic mass is 16.2. The third-order valence-corrected chi connectivity index (χ3v) is 5.17. The van der Waals surface area contributed by atoms with Crippen LogP contribution in [0.2, 0.25) is 0 Å². The van der Waals surface area contributed by atoms with Crippen molar-refractivity contribution in [1.29, 1.82) is 0 Å². The molecule has 0 aliphatic carbocycles. The fourth-order valence-electron chi connectivity index (χ4n) is 3.53. The van der Waals surface area contributed by atoms with Crippen LogP contribution in [-0.4, -0.2) is 33.4 Å². The standard InChI is InChI=1S/C26H22N4O3/c27-25(32)24(31)22(16-18-10-4-1-5-11-18)28-26(33)21-17-30(20-14-8-3-9-15-20)29-23(21)19-12-6-2-7-13-19/h1-15,17,22H,16H2,(H2,27,32)(H,28,33). The van der Waals surface area contributed by atoms with Gasteiger partial charge in [0.25, 0.3) is 11.8 Å². The van der Waals surface area contributed by atoms with E-state index in [9.17, 15) is 14.4 Å². The third kappa shape index (κ3) is 5.04. The number of amides is 2. The lowest BCUT2D eigenvalue weighted by Crippen LogP contribution is -2.47. The number of rotatable bonds is 8. The summed E-state index contributed by atoms with van der Waals surface area (Å²) < 4.78 is 1.61. The van der Waals surface area contributed by atoms with Crippen LogP contribution in [0.15, 0.2) is 97.2 Å². The van der Waals surface area contributed by atoms with Crippen LogP contribution in [0.25, 0.3) is 16.9 Å². The van der Waals surface area contributed by atoms with Crippen LogP contribution in [0, 0.1) is 0 Å². The van der Waals surface area contributed by atoms with Crippen molar-refractivity contribution in [3.05, 3.63) is 108 Å². The number of hydrogen-bond acceptors (Lipinski definition) is 4. The maximum atomic E-state index is 13.3. The molecular formula is C26H22N4O3. The van der Waals surface area contributed by atoms with E-state index in [2.05, 4.69) is 10.4 Å². The Morgan fingerprint density at radius 1 is 0.848 bits per heavy atom. The monoisotopic (exact) mass is 438 g/mol. The second kappa shape index (κ2) is 9.74. The Kier molecular flexibility index (Phi) is 6.40. The minimum atomic E-state index is -1.10. The molecule has 4 aromatic rings. The van der Waals surface area contributed by atoms with E-state index in [1.807, 2.05) is 91.0 Å². The molecule has 7 heteroatoms. The summed E-state index contributed by atoms with van der Waals surface area (Å²) in [6.45, 7) is 0. The van der Waals surface area contributed by atoms with E-state index in [0.29, 0.717) is 5.69 Å². The highest BCUT2D eigenvalue weighted by Crippen LogP contribution is 2.24. The van der Waals surface area contributed by atoms with Crippen LogP contribution < -0.4 is 11.1 Å². The van der Waals surface area contributed by atoms with Crippen molar-refractivity contribution in [3.63, 3.8) is 0 Å². The van der Waals surface area contributed by atoms with Gasteiger partial charge < -0.3 is 11.1 Å². The first-order valence-corrected chi connectivity index (χ1v) is 10.4. The summed E-state index contributed by atoms with van der Waals surface area (Å²) in [7, 11) is 0. The lowest BCUT2D eigenvalue weighted by atomic mass is 10.0. The highest BCUT2D eigenvalue weighted by molar-refractivity contribution is 6.38. The minimum Gasteiger partial charge on any atom is -0.363 e. The van der Waals surface area contributed by atoms with Crippen LogP contribution in [0.1, 0.15) is 15.9 Å². The lowest BCUT2D eigenvalue weighted by molar-refractivity contribution is -0.137. The van der Waals surface area contributed by atoms with Gasteiger partial charge in [0, 0.05) is 18.2 Å². The van der Waals surface area contributed by atoms with Gasteiger partial charge in [0.05, 0.1) is 11.3 Å². The molecule has 0 bridgehead atoms. The number of carbonyl (C=O) groups is 3. The van der Waals surface area contributed by atoms with Crippen molar-refractivity contribution in [2.75, 3.05) is 0 Å². The Balaban J connectivity index is 1.70. The fraction of sp³-hybridized carbons (Fsp3) is 0.0769. The first kappa shape index (κ1) is 21.7. The molecule has 7 nitrogen and oxygen atoms in total. The lowest BCUT2D eigenvalue weighted by Gasteiger charge is -2.16. The molecule has 0 fully saturated rings. The van der Waals surface area contributed by atoms with Crippen molar-refractivity contribution in [1.82, 2.24) is 15.1 Å². The van der Waals surface area contributed by atoms with Gasteiger partial charge in [0.2, 0.25) is 5.78 Å². The van der Waals surface area contributed by atoms with E-state index >= 15 is 0 Å². The number of primary amides is 1. The Morgan fingerprint density at radius 2 is 1.42 bits per heavy atom. The van der Waals surface area contributed by atoms with Gasteiger partial charge in [0.1, 0.15) is 11.7 Å². The number of Topliss-reactive ketones (excluding diaryl/α,β-unsaturated/α-hetero) is 1. The van der Waals surface area contributed by atoms with Gasteiger partial charge in [-0.1, -0.05) is 78.9 Å². The average molecular weight is 438 g/mol. The van der Waals surface area contributed by atoms with Crippen LogP contribution >= 0.6 is 0 Å². The van der Waals surface area contributed by atoms with Crippen molar-refractivity contribution < 1.29 is 14.4 Å². The predicted octanol–water partition coefficient (Wildman–Crippen LogP) is 2.93. The molecule has 1 atom stereocenters. The summed E-state index contributed by atoms with van der Waals surface area (Å²) in [5, 5.41) is 7.32. The molecule has 1 heterocycles. The average Bonchev–Trinajstić information content (AvgIpc) is 3.31. The van der Waals surface area contributed by atoms with E-state index in [1.54, 1.807) is 10.9 Å². The summed E-state index contributed by atoms with van der Waals surface area (Å²) in [5.41, 5.74) is 8.31. The Labute approximate surface area is 190 Å². The van der Waals surface area contributed by atoms with E-state index in [0.717, 1.165) is 16.8 Å². The number of para-hydroxylation sites is 1. The molecule has 2 amide bonds. The highest BCUT2D eigenvalue weighted by Gasteiger charge is 2.28. The molecule has 0 saturated heterocycles.